The van der Waals surface area contributed by atoms with Gasteiger partial charge in [0.1, 0.15) is 11.6 Å². The van der Waals surface area contributed by atoms with Crippen molar-refractivity contribution >= 4 is 10.9 Å². The molecule has 5 rings (SSSR count). The average molecular weight is 411 g/mol. The lowest BCUT2D eigenvalue weighted by Crippen LogP contribution is -2.12. The summed E-state index contributed by atoms with van der Waals surface area (Å²) in [7, 11) is 0. The van der Waals surface area contributed by atoms with Crippen molar-refractivity contribution in [3.8, 4) is 0 Å². The molecule has 0 unspecified atom stereocenters. The number of fused-ring (bicyclic) bond motifs is 1. The van der Waals surface area contributed by atoms with Crippen molar-refractivity contribution in [2.24, 2.45) is 0 Å². The first-order chi connectivity index (χ1) is 15.4. The lowest BCUT2D eigenvalue weighted by Gasteiger charge is -2.11. The van der Waals surface area contributed by atoms with E-state index in [4.69, 9.17) is 0 Å². The summed E-state index contributed by atoms with van der Waals surface area (Å²) in [6.07, 6.45) is 10.2. The van der Waals surface area contributed by atoms with Crippen molar-refractivity contribution in [3.63, 3.8) is 0 Å². The Morgan fingerprint density at radius 1 is 0.742 bits per heavy atom. The third-order valence-corrected chi connectivity index (χ3v) is 5.84. The fraction of sp³-hybridized carbons (Fsp3) is 0.240. The molecule has 5 aromatic rings. The molecule has 2 N–H and O–H groups in total. The van der Waals surface area contributed by atoms with Crippen LogP contribution in [0.2, 0.25) is 0 Å². The van der Waals surface area contributed by atoms with Crippen LogP contribution in [0.5, 0.6) is 0 Å². The standard InChI is InChI=1S/C25H26N6/c1-2-6-19(7-3-1)14-15-31-24(29-30-25(31)13-11-21-17-26-18-28-21)12-10-20-16-27-23-9-5-4-8-22(20)23/h1-9,16-18,27H,10-15H2,(H,26,28). The van der Waals surface area contributed by atoms with E-state index in [1.807, 2.05) is 6.20 Å². The van der Waals surface area contributed by atoms with E-state index >= 15 is 0 Å². The molecular formula is C25H26N6. The van der Waals surface area contributed by atoms with Gasteiger partial charge in [0.15, 0.2) is 0 Å². The van der Waals surface area contributed by atoms with Gasteiger partial charge in [-0.2, -0.15) is 0 Å². The first-order valence-electron chi connectivity index (χ1n) is 10.8. The lowest BCUT2D eigenvalue weighted by atomic mass is 10.1. The molecule has 31 heavy (non-hydrogen) atoms. The highest BCUT2D eigenvalue weighted by atomic mass is 15.3. The SMILES string of the molecule is c1ccc(CCn2c(CCc3cnc[nH]3)nnc2CCc2c[nH]c3ccccc23)cc1. The van der Waals surface area contributed by atoms with E-state index in [-0.39, 0.29) is 0 Å². The van der Waals surface area contributed by atoms with Gasteiger partial charge in [-0.3, -0.25) is 0 Å². The summed E-state index contributed by atoms with van der Waals surface area (Å²) in [6.45, 7) is 0.887. The molecule has 0 radical (unpaired) electrons. The summed E-state index contributed by atoms with van der Waals surface area (Å²) in [5, 5.41) is 10.4. The summed E-state index contributed by atoms with van der Waals surface area (Å²) in [5.74, 6) is 2.10. The number of aryl methyl sites for hydroxylation is 5. The van der Waals surface area contributed by atoms with Crippen molar-refractivity contribution in [2.75, 3.05) is 0 Å². The van der Waals surface area contributed by atoms with Crippen molar-refractivity contribution in [2.45, 2.75) is 38.6 Å². The number of imidazole rings is 1. The van der Waals surface area contributed by atoms with Crippen LogP contribution in [0.3, 0.4) is 0 Å². The monoisotopic (exact) mass is 410 g/mol. The molecule has 0 fully saturated rings. The van der Waals surface area contributed by atoms with Crippen LogP contribution in [-0.4, -0.2) is 29.7 Å². The molecule has 0 spiro atoms. The number of nitrogens with one attached hydrogen (secondary N) is 2. The van der Waals surface area contributed by atoms with Gasteiger partial charge in [0.2, 0.25) is 0 Å². The number of aromatic nitrogens is 6. The molecule has 0 saturated heterocycles. The number of hydrogen-bond donors (Lipinski definition) is 2. The van der Waals surface area contributed by atoms with Gasteiger partial charge in [0.05, 0.1) is 6.33 Å². The number of nitrogens with zero attached hydrogens (tertiary/aromatic N) is 4. The third kappa shape index (κ3) is 4.43. The lowest BCUT2D eigenvalue weighted by molar-refractivity contribution is 0.611. The van der Waals surface area contributed by atoms with Crippen LogP contribution in [0.1, 0.15) is 28.5 Å². The zero-order valence-corrected chi connectivity index (χ0v) is 17.5. The van der Waals surface area contributed by atoms with Crippen LogP contribution >= 0.6 is 0 Å². The van der Waals surface area contributed by atoms with E-state index in [0.717, 1.165) is 56.0 Å². The number of rotatable bonds is 9. The Kier molecular flexibility index (Phi) is 5.60. The molecule has 2 aromatic carbocycles. The van der Waals surface area contributed by atoms with Crippen LogP contribution in [0, 0.1) is 0 Å². The van der Waals surface area contributed by atoms with E-state index in [1.54, 1.807) is 6.33 Å². The molecule has 0 bridgehead atoms. The Bertz CT molecular complexity index is 1230. The second-order valence-electron chi connectivity index (χ2n) is 7.86. The third-order valence-electron chi connectivity index (χ3n) is 5.84. The van der Waals surface area contributed by atoms with Crippen molar-refractivity contribution in [1.82, 2.24) is 29.7 Å². The normalized spacial score (nSPS) is 11.4. The zero-order chi connectivity index (χ0) is 20.9. The molecule has 0 saturated carbocycles. The average Bonchev–Trinajstić information content (AvgIpc) is 3.55. The van der Waals surface area contributed by atoms with Crippen molar-refractivity contribution < 1.29 is 0 Å². The van der Waals surface area contributed by atoms with E-state index < -0.39 is 0 Å². The minimum Gasteiger partial charge on any atom is -0.361 e. The number of para-hydroxylation sites is 1. The van der Waals surface area contributed by atoms with Crippen molar-refractivity contribution in [1.29, 1.82) is 0 Å². The van der Waals surface area contributed by atoms with Crippen LogP contribution in [0.25, 0.3) is 10.9 Å². The molecule has 3 heterocycles. The van der Waals surface area contributed by atoms with Crippen LogP contribution < -0.4 is 0 Å². The van der Waals surface area contributed by atoms with Gasteiger partial charge < -0.3 is 14.5 Å². The van der Waals surface area contributed by atoms with E-state index in [0.29, 0.717) is 0 Å². The molecule has 0 aliphatic carbocycles. The Hall–Kier alpha value is -3.67. The Balaban J connectivity index is 1.34. The Morgan fingerprint density at radius 2 is 1.52 bits per heavy atom. The molecular weight excluding hydrogens is 384 g/mol. The zero-order valence-electron chi connectivity index (χ0n) is 17.5. The van der Waals surface area contributed by atoms with Crippen molar-refractivity contribution in [3.05, 3.63) is 102 Å². The molecule has 6 heteroatoms. The highest BCUT2D eigenvalue weighted by Crippen LogP contribution is 2.20. The molecule has 156 valence electrons. The molecule has 3 aromatic heterocycles. The predicted octanol–water partition coefficient (Wildman–Crippen LogP) is 4.30. The van der Waals surface area contributed by atoms with E-state index in [1.165, 1.54) is 22.0 Å². The topological polar surface area (TPSA) is 75.2 Å². The smallest absolute Gasteiger partial charge is 0.133 e. The second kappa shape index (κ2) is 9.00. The first kappa shape index (κ1) is 19.3. The van der Waals surface area contributed by atoms with Gasteiger partial charge in [-0.15, -0.1) is 10.2 Å². The van der Waals surface area contributed by atoms with Crippen LogP contribution in [0.4, 0.5) is 0 Å². The van der Waals surface area contributed by atoms with E-state index in [2.05, 4.69) is 90.5 Å². The Morgan fingerprint density at radius 3 is 2.32 bits per heavy atom. The van der Waals surface area contributed by atoms with E-state index in [9.17, 15) is 0 Å². The highest BCUT2D eigenvalue weighted by molar-refractivity contribution is 5.83. The quantitative estimate of drug-likeness (QED) is 0.380. The van der Waals surface area contributed by atoms with Crippen LogP contribution in [0.15, 0.2) is 73.3 Å². The summed E-state index contributed by atoms with van der Waals surface area (Å²) in [6, 6.07) is 19.1. The maximum absolute atomic E-state index is 4.58. The summed E-state index contributed by atoms with van der Waals surface area (Å²) < 4.78 is 2.32. The fourth-order valence-corrected chi connectivity index (χ4v) is 4.14. The van der Waals surface area contributed by atoms with Gasteiger partial charge in [0, 0.05) is 48.4 Å². The Labute approximate surface area is 181 Å². The molecule has 0 atom stereocenters. The molecule has 6 nitrogen and oxygen atoms in total. The van der Waals surface area contributed by atoms with Gasteiger partial charge in [-0.05, 0) is 36.5 Å². The summed E-state index contributed by atoms with van der Waals surface area (Å²) in [4.78, 5) is 10.7. The van der Waals surface area contributed by atoms with Gasteiger partial charge >= 0.3 is 0 Å². The van der Waals surface area contributed by atoms with Gasteiger partial charge in [-0.1, -0.05) is 48.5 Å². The number of H-pyrrole nitrogens is 2. The summed E-state index contributed by atoms with van der Waals surface area (Å²) in [5.41, 5.74) is 4.96. The highest BCUT2D eigenvalue weighted by Gasteiger charge is 2.14. The van der Waals surface area contributed by atoms with Gasteiger partial charge in [-0.25, -0.2) is 4.98 Å². The maximum atomic E-state index is 4.58. The molecule has 0 aliphatic rings. The summed E-state index contributed by atoms with van der Waals surface area (Å²) >= 11 is 0. The first-order valence-corrected chi connectivity index (χ1v) is 10.8. The maximum Gasteiger partial charge on any atom is 0.133 e. The van der Waals surface area contributed by atoms with Crippen LogP contribution in [-0.2, 0) is 38.6 Å². The largest absolute Gasteiger partial charge is 0.361 e. The van der Waals surface area contributed by atoms with Gasteiger partial charge in [0.25, 0.3) is 0 Å². The second-order valence-corrected chi connectivity index (χ2v) is 7.86. The number of benzene rings is 2. The molecule has 0 aliphatic heterocycles. The predicted molar refractivity (Wildman–Crippen MR) is 122 cm³/mol. The fourth-order valence-electron chi connectivity index (χ4n) is 4.14. The number of aromatic amines is 2. The number of hydrogen-bond acceptors (Lipinski definition) is 3. The minimum atomic E-state index is 0.844. The molecule has 0 amide bonds. The minimum absolute atomic E-state index is 0.844.